The molecule has 1 saturated heterocycles. The maximum absolute atomic E-state index is 13.8. The Labute approximate surface area is 191 Å². The average Bonchev–Trinajstić information content (AvgIpc) is 3.16. The number of rotatable bonds is 3. The van der Waals surface area contributed by atoms with E-state index in [1.165, 1.54) is 6.92 Å². The molecule has 1 saturated carbocycles. The third-order valence-corrected chi connectivity index (χ3v) is 6.93. The summed E-state index contributed by atoms with van der Waals surface area (Å²) in [5.41, 5.74) is 0.397. The molecule has 1 aliphatic heterocycles. The van der Waals surface area contributed by atoms with Gasteiger partial charge in [-0.05, 0) is 62.3 Å². The molecule has 33 heavy (non-hydrogen) atoms. The smallest absolute Gasteiger partial charge is 0.343 e. The highest BCUT2D eigenvalue weighted by Crippen LogP contribution is 2.45. The van der Waals surface area contributed by atoms with E-state index in [0.717, 1.165) is 43.0 Å². The predicted molar refractivity (Wildman–Crippen MR) is 120 cm³/mol. The summed E-state index contributed by atoms with van der Waals surface area (Å²) in [6.07, 6.45) is -0.924. The summed E-state index contributed by atoms with van der Waals surface area (Å²) in [6.45, 7) is 3.85. The number of nitriles is 1. The number of hydrogen-bond acceptors (Lipinski definition) is 4. The maximum atomic E-state index is 13.8. The van der Waals surface area contributed by atoms with Gasteiger partial charge in [0.15, 0.2) is 0 Å². The molecule has 1 aromatic carbocycles. The van der Waals surface area contributed by atoms with E-state index in [-0.39, 0.29) is 29.3 Å². The first kappa shape index (κ1) is 23.1. The molecule has 2 aromatic rings. The fraction of sp³-hybridized carbons (Fsp3) is 0.480. The summed E-state index contributed by atoms with van der Waals surface area (Å²) < 4.78 is 41.2. The molecule has 4 rings (SSSR count). The van der Waals surface area contributed by atoms with Crippen LogP contribution in [0.4, 0.5) is 24.7 Å². The number of carbonyl (C=O) groups is 1. The summed E-state index contributed by atoms with van der Waals surface area (Å²) in [4.78, 5) is 21.4. The predicted octanol–water partition coefficient (Wildman–Crippen LogP) is 5.25. The first-order valence-electron chi connectivity index (χ1n) is 11.2. The zero-order valence-electron chi connectivity index (χ0n) is 19.0. The number of carbonyl (C=O) groups excluding carboxylic acids is 1. The maximum Gasteiger partial charge on any atom is 0.417 e. The van der Waals surface area contributed by atoms with Crippen molar-refractivity contribution in [3.05, 3.63) is 52.7 Å². The molecule has 174 valence electrons. The number of aromatic nitrogens is 1. The standard InChI is InChI=1S/C25H27F3N4O/c1-15-7-6-9-18(11-15)31(3)24(33)22-19-10-5-4-8-17(19)14-32(22)23-20(13-29)21(25(26,27)28)12-16(2)30-23/h6-7,9,11-12,17,19,22H,4-5,8,10,14H2,1-3H3/t17?,19?,22-/m0/s1. The normalized spacial score (nSPS) is 22.6. The molecular formula is C25H27F3N4O. The molecule has 2 heterocycles. The van der Waals surface area contributed by atoms with Crippen molar-refractivity contribution in [1.82, 2.24) is 4.98 Å². The Morgan fingerprint density at radius 2 is 1.94 bits per heavy atom. The van der Waals surface area contributed by atoms with Crippen molar-refractivity contribution < 1.29 is 18.0 Å². The Hall–Kier alpha value is -3.08. The minimum atomic E-state index is -4.68. The van der Waals surface area contributed by atoms with Crippen molar-refractivity contribution in [2.24, 2.45) is 11.8 Å². The molecule has 5 nitrogen and oxygen atoms in total. The van der Waals surface area contributed by atoms with Crippen molar-refractivity contribution in [3.63, 3.8) is 0 Å². The van der Waals surface area contributed by atoms with E-state index in [0.29, 0.717) is 6.54 Å². The molecule has 2 unspecified atom stereocenters. The van der Waals surface area contributed by atoms with Crippen LogP contribution in [0.3, 0.4) is 0 Å². The van der Waals surface area contributed by atoms with Gasteiger partial charge in [-0.2, -0.15) is 18.4 Å². The first-order valence-corrected chi connectivity index (χ1v) is 11.2. The van der Waals surface area contributed by atoms with E-state index in [9.17, 15) is 23.2 Å². The van der Waals surface area contributed by atoms with Gasteiger partial charge in [0.05, 0.1) is 5.56 Å². The van der Waals surface area contributed by atoms with Crippen LogP contribution in [0, 0.1) is 37.0 Å². The quantitative estimate of drug-likeness (QED) is 0.633. The Morgan fingerprint density at radius 3 is 2.61 bits per heavy atom. The molecule has 0 radical (unpaired) electrons. The third kappa shape index (κ3) is 4.29. The highest BCUT2D eigenvalue weighted by Gasteiger charge is 2.49. The molecule has 0 bridgehead atoms. The number of anilines is 2. The summed E-state index contributed by atoms with van der Waals surface area (Å²) in [5, 5.41) is 9.70. The lowest BCUT2D eigenvalue weighted by Crippen LogP contribution is -2.48. The van der Waals surface area contributed by atoms with Crippen LogP contribution in [0.5, 0.6) is 0 Å². The Balaban J connectivity index is 1.81. The van der Waals surface area contributed by atoms with E-state index in [1.807, 2.05) is 31.2 Å². The number of hydrogen-bond donors (Lipinski definition) is 0. The second kappa shape index (κ2) is 8.69. The van der Waals surface area contributed by atoms with Crippen molar-refractivity contribution in [1.29, 1.82) is 5.26 Å². The number of amides is 1. The number of halogens is 3. The van der Waals surface area contributed by atoms with Gasteiger partial charge in [0.2, 0.25) is 5.91 Å². The van der Waals surface area contributed by atoms with Crippen LogP contribution < -0.4 is 9.80 Å². The second-order valence-corrected chi connectivity index (χ2v) is 9.16. The molecule has 2 fully saturated rings. The summed E-state index contributed by atoms with van der Waals surface area (Å²) in [6, 6.07) is 9.53. The second-order valence-electron chi connectivity index (χ2n) is 9.16. The van der Waals surface area contributed by atoms with E-state index in [2.05, 4.69) is 4.98 Å². The number of likely N-dealkylation sites (N-methyl/N-ethyl adjacent to an activating group) is 1. The minimum absolute atomic E-state index is 0.0155. The van der Waals surface area contributed by atoms with Gasteiger partial charge in [-0.3, -0.25) is 4.79 Å². The zero-order chi connectivity index (χ0) is 23.9. The lowest BCUT2D eigenvalue weighted by molar-refractivity contribution is -0.137. The highest BCUT2D eigenvalue weighted by atomic mass is 19.4. The van der Waals surface area contributed by atoms with Crippen LogP contribution in [-0.2, 0) is 11.0 Å². The van der Waals surface area contributed by atoms with Crippen LogP contribution in [0.25, 0.3) is 0 Å². The van der Waals surface area contributed by atoms with Crippen LogP contribution in [0.1, 0.15) is 48.1 Å². The number of aryl methyl sites for hydroxylation is 2. The molecule has 0 spiro atoms. The van der Waals surface area contributed by atoms with Crippen molar-refractivity contribution >= 4 is 17.4 Å². The van der Waals surface area contributed by atoms with Gasteiger partial charge < -0.3 is 9.80 Å². The van der Waals surface area contributed by atoms with E-state index < -0.39 is 23.3 Å². The fourth-order valence-electron chi connectivity index (χ4n) is 5.37. The third-order valence-electron chi connectivity index (χ3n) is 6.93. The number of nitrogens with zero attached hydrogens (tertiary/aromatic N) is 4. The zero-order valence-corrected chi connectivity index (χ0v) is 19.0. The van der Waals surface area contributed by atoms with Crippen molar-refractivity contribution in [2.45, 2.75) is 51.7 Å². The van der Waals surface area contributed by atoms with Gasteiger partial charge in [-0.15, -0.1) is 0 Å². The highest BCUT2D eigenvalue weighted by molar-refractivity contribution is 5.99. The van der Waals surface area contributed by atoms with Crippen LogP contribution in [0.15, 0.2) is 30.3 Å². The van der Waals surface area contributed by atoms with Gasteiger partial charge in [-0.25, -0.2) is 4.98 Å². The monoisotopic (exact) mass is 456 g/mol. The first-order chi connectivity index (χ1) is 15.6. The van der Waals surface area contributed by atoms with Gasteiger partial charge in [0.25, 0.3) is 0 Å². The average molecular weight is 457 g/mol. The molecule has 0 N–H and O–H groups in total. The largest absolute Gasteiger partial charge is 0.417 e. The lowest BCUT2D eigenvalue weighted by Gasteiger charge is -2.33. The molecule has 8 heteroatoms. The Kier molecular flexibility index (Phi) is 6.08. The summed E-state index contributed by atoms with van der Waals surface area (Å²) in [5.74, 6) is -0.0190. The Bertz CT molecular complexity index is 1110. The molecule has 1 aliphatic carbocycles. The molecule has 1 amide bonds. The minimum Gasteiger partial charge on any atom is -0.343 e. The van der Waals surface area contributed by atoms with E-state index in [4.69, 9.17) is 0 Å². The van der Waals surface area contributed by atoms with Gasteiger partial charge >= 0.3 is 6.18 Å². The van der Waals surface area contributed by atoms with Crippen molar-refractivity contribution in [3.8, 4) is 6.07 Å². The summed E-state index contributed by atoms with van der Waals surface area (Å²) >= 11 is 0. The SMILES string of the molecule is Cc1cccc(N(C)C(=O)[C@@H]2C3CCCCC3CN2c2nc(C)cc(C(F)(F)F)c2C#N)c1. The number of fused-ring (bicyclic) bond motifs is 1. The fourth-order valence-corrected chi connectivity index (χ4v) is 5.37. The van der Waals surface area contributed by atoms with Gasteiger partial charge in [0, 0.05) is 25.0 Å². The number of pyridine rings is 1. The molecule has 3 atom stereocenters. The van der Waals surface area contributed by atoms with Crippen molar-refractivity contribution in [2.75, 3.05) is 23.4 Å². The van der Waals surface area contributed by atoms with Crippen LogP contribution >= 0.6 is 0 Å². The van der Waals surface area contributed by atoms with Crippen LogP contribution in [0.2, 0.25) is 0 Å². The molecule has 1 aromatic heterocycles. The summed E-state index contributed by atoms with van der Waals surface area (Å²) in [7, 11) is 1.70. The van der Waals surface area contributed by atoms with Crippen LogP contribution in [-0.4, -0.2) is 30.5 Å². The number of benzene rings is 1. The number of alkyl halides is 3. The van der Waals surface area contributed by atoms with Gasteiger partial charge in [0.1, 0.15) is 23.5 Å². The van der Waals surface area contributed by atoms with E-state index in [1.54, 1.807) is 22.9 Å². The molecule has 2 aliphatic rings. The molecular weight excluding hydrogens is 429 g/mol. The van der Waals surface area contributed by atoms with E-state index >= 15 is 0 Å². The Morgan fingerprint density at radius 1 is 1.21 bits per heavy atom. The van der Waals surface area contributed by atoms with Gasteiger partial charge in [-0.1, -0.05) is 25.0 Å². The lowest BCUT2D eigenvalue weighted by atomic mass is 9.78. The topological polar surface area (TPSA) is 60.2 Å².